The molecule has 2 aromatic carbocycles. The average Bonchev–Trinajstić information content (AvgIpc) is 2.81. The van der Waals surface area contributed by atoms with E-state index in [1.165, 1.54) is 50.1 Å². The van der Waals surface area contributed by atoms with Crippen LogP contribution in [0, 0.1) is 20.8 Å². The summed E-state index contributed by atoms with van der Waals surface area (Å²) in [5.41, 5.74) is 14.8. The van der Waals surface area contributed by atoms with E-state index in [0.29, 0.717) is 0 Å². The molecule has 3 rings (SSSR count). The van der Waals surface area contributed by atoms with E-state index in [0.717, 1.165) is 6.42 Å². The van der Waals surface area contributed by atoms with Crippen LogP contribution in [0.25, 0.3) is 16.7 Å². The fourth-order valence-corrected chi connectivity index (χ4v) is 3.96. The minimum absolute atomic E-state index is 0.200. The molecule has 24 heavy (non-hydrogen) atoms. The van der Waals surface area contributed by atoms with Crippen molar-refractivity contribution < 1.29 is 0 Å². The summed E-state index contributed by atoms with van der Waals surface area (Å²) >= 11 is 0. The van der Waals surface area contributed by atoms with Crippen molar-refractivity contribution in [2.75, 3.05) is 0 Å². The molecule has 0 radical (unpaired) electrons. The Hall–Kier alpha value is -1.82. The van der Waals surface area contributed by atoms with Crippen molar-refractivity contribution in [2.45, 2.75) is 67.2 Å². The van der Waals surface area contributed by atoms with Gasteiger partial charge in [0, 0.05) is 0 Å². The molecule has 0 N–H and O–H groups in total. The molecular weight excluding hydrogens is 288 g/mol. The zero-order valence-electron chi connectivity index (χ0n) is 16.5. The Bertz CT molecular complexity index is 837. The van der Waals surface area contributed by atoms with E-state index in [-0.39, 0.29) is 5.41 Å². The Balaban J connectivity index is 2.26. The summed E-state index contributed by atoms with van der Waals surface area (Å²) in [4.78, 5) is 0. The molecule has 0 heterocycles. The lowest BCUT2D eigenvalue weighted by Crippen LogP contribution is -2.10. The SMILES string of the molecule is CC1=C(C)c2c(c(C)c(C)c(C)c2-c2ccc(C(C)(C)C)cc2)C1. The van der Waals surface area contributed by atoms with E-state index in [1.54, 1.807) is 5.56 Å². The molecule has 1 aliphatic carbocycles. The highest BCUT2D eigenvalue weighted by atomic mass is 14.3. The lowest BCUT2D eigenvalue weighted by Gasteiger charge is -2.22. The van der Waals surface area contributed by atoms with Gasteiger partial charge in [-0.15, -0.1) is 0 Å². The largest absolute Gasteiger partial charge is 0.0654 e. The summed E-state index contributed by atoms with van der Waals surface area (Å²) in [5, 5.41) is 0. The van der Waals surface area contributed by atoms with Crippen LogP contribution in [0.5, 0.6) is 0 Å². The summed E-state index contributed by atoms with van der Waals surface area (Å²) in [6.07, 6.45) is 1.11. The van der Waals surface area contributed by atoms with Crippen LogP contribution in [-0.4, -0.2) is 0 Å². The lowest BCUT2D eigenvalue weighted by atomic mass is 9.82. The van der Waals surface area contributed by atoms with Crippen LogP contribution in [0.1, 0.15) is 68.0 Å². The monoisotopic (exact) mass is 318 g/mol. The maximum absolute atomic E-state index is 2.32. The third-order valence-corrected chi connectivity index (χ3v) is 6.00. The zero-order chi connectivity index (χ0) is 17.8. The summed E-state index contributed by atoms with van der Waals surface area (Å²) in [6, 6.07) is 9.24. The molecule has 0 nitrogen and oxygen atoms in total. The molecule has 0 heteroatoms. The highest BCUT2D eigenvalue weighted by molar-refractivity contribution is 5.90. The minimum Gasteiger partial charge on any atom is -0.0654 e. The molecule has 0 aliphatic heterocycles. The maximum atomic E-state index is 2.32. The standard InChI is InChI=1S/C24H30/c1-14-13-21-17(4)16(3)18(5)22(23(21)15(14)2)19-9-11-20(12-10-19)24(6,7)8/h9-12H,13H2,1-8H3. The average molecular weight is 319 g/mol. The molecule has 0 bridgehead atoms. The maximum Gasteiger partial charge on any atom is -0.00549 e. The first-order valence-corrected chi connectivity index (χ1v) is 9.03. The van der Waals surface area contributed by atoms with Gasteiger partial charge in [-0.1, -0.05) is 50.6 Å². The Morgan fingerprint density at radius 2 is 1.29 bits per heavy atom. The van der Waals surface area contributed by atoms with Gasteiger partial charge in [0.1, 0.15) is 0 Å². The van der Waals surface area contributed by atoms with Crippen molar-refractivity contribution in [1.29, 1.82) is 0 Å². The first kappa shape index (κ1) is 17.0. The molecule has 0 atom stereocenters. The highest BCUT2D eigenvalue weighted by Crippen LogP contribution is 2.44. The van der Waals surface area contributed by atoms with Crippen molar-refractivity contribution in [2.24, 2.45) is 0 Å². The molecule has 0 saturated carbocycles. The van der Waals surface area contributed by atoms with Crippen LogP contribution in [0.3, 0.4) is 0 Å². The predicted octanol–water partition coefficient (Wildman–Crippen LogP) is 6.93. The molecule has 2 aromatic rings. The van der Waals surface area contributed by atoms with Crippen molar-refractivity contribution in [3.8, 4) is 11.1 Å². The Morgan fingerprint density at radius 3 is 1.83 bits per heavy atom. The summed E-state index contributed by atoms with van der Waals surface area (Å²) < 4.78 is 0. The summed E-state index contributed by atoms with van der Waals surface area (Å²) in [5.74, 6) is 0. The van der Waals surface area contributed by atoms with Crippen molar-refractivity contribution >= 4 is 5.57 Å². The van der Waals surface area contributed by atoms with E-state index < -0.39 is 0 Å². The highest BCUT2D eigenvalue weighted by Gasteiger charge is 2.25. The van der Waals surface area contributed by atoms with Crippen LogP contribution < -0.4 is 0 Å². The van der Waals surface area contributed by atoms with Gasteiger partial charge in [-0.05, 0) is 96.5 Å². The molecule has 0 spiro atoms. The first-order valence-electron chi connectivity index (χ1n) is 9.03. The van der Waals surface area contributed by atoms with Crippen molar-refractivity contribution in [3.05, 3.63) is 63.2 Å². The molecule has 126 valence electrons. The predicted molar refractivity (Wildman–Crippen MR) is 107 cm³/mol. The van der Waals surface area contributed by atoms with Gasteiger partial charge in [-0.2, -0.15) is 0 Å². The number of benzene rings is 2. The second kappa shape index (κ2) is 5.62. The first-order chi connectivity index (χ1) is 11.1. The number of hydrogen-bond acceptors (Lipinski definition) is 0. The van der Waals surface area contributed by atoms with Gasteiger partial charge < -0.3 is 0 Å². The van der Waals surface area contributed by atoms with Crippen LogP contribution in [0.15, 0.2) is 29.8 Å². The summed E-state index contributed by atoms with van der Waals surface area (Å²) in [7, 11) is 0. The van der Waals surface area contributed by atoms with E-state index >= 15 is 0 Å². The van der Waals surface area contributed by atoms with Crippen LogP contribution in [0.2, 0.25) is 0 Å². The van der Waals surface area contributed by atoms with Crippen LogP contribution >= 0.6 is 0 Å². The smallest absolute Gasteiger partial charge is 0.00549 e. The van der Waals surface area contributed by atoms with Crippen molar-refractivity contribution in [3.63, 3.8) is 0 Å². The fourth-order valence-electron chi connectivity index (χ4n) is 3.96. The number of fused-ring (bicyclic) bond motifs is 1. The molecular formula is C24H30. The minimum atomic E-state index is 0.200. The fraction of sp³-hybridized carbons (Fsp3) is 0.417. The van der Waals surface area contributed by atoms with Crippen LogP contribution in [0.4, 0.5) is 0 Å². The third-order valence-electron chi connectivity index (χ3n) is 6.00. The third kappa shape index (κ3) is 2.53. The molecule has 1 aliphatic rings. The van der Waals surface area contributed by atoms with E-state index in [1.807, 2.05) is 0 Å². The molecule has 0 unspecified atom stereocenters. The molecule has 0 saturated heterocycles. The second-order valence-corrected chi connectivity index (χ2v) is 8.51. The molecule has 0 aromatic heterocycles. The topological polar surface area (TPSA) is 0 Å². The Labute approximate surface area is 147 Å². The quantitative estimate of drug-likeness (QED) is 0.535. The normalized spacial score (nSPS) is 14.3. The van der Waals surface area contributed by atoms with E-state index in [2.05, 4.69) is 79.7 Å². The van der Waals surface area contributed by atoms with Gasteiger partial charge in [0.25, 0.3) is 0 Å². The Kier molecular flexibility index (Phi) is 3.98. The van der Waals surface area contributed by atoms with Gasteiger partial charge >= 0.3 is 0 Å². The van der Waals surface area contributed by atoms with E-state index in [9.17, 15) is 0 Å². The number of rotatable bonds is 1. The van der Waals surface area contributed by atoms with Crippen LogP contribution in [-0.2, 0) is 11.8 Å². The Morgan fingerprint density at radius 1 is 0.708 bits per heavy atom. The van der Waals surface area contributed by atoms with Crippen molar-refractivity contribution in [1.82, 2.24) is 0 Å². The van der Waals surface area contributed by atoms with Gasteiger partial charge in [0.05, 0.1) is 0 Å². The molecule has 0 fully saturated rings. The van der Waals surface area contributed by atoms with Gasteiger partial charge in [0.15, 0.2) is 0 Å². The number of hydrogen-bond donors (Lipinski definition) is 0. The van der Waals surface area contributed by atoms with Gasteiger partial charge in [0.2, 0.25) is 0 Å². The van der Waals surface area contributed by atoms with Gasteiger partial charge in [-0.25, -0.2) is 0 Å². The molecule has 0 amide bonds. The van der Waals surface area contributed by atoms with E-state index in [4.69, 9.17) is 0 Å². The number of allylic oxidation sites excluding steroid dienone is 2. The summed E-state index contributed by atoms with van der Waals surface area (Å²) in [6.45, 7) is 18.3. The lowest BCUT2D eigenvalue weighted by molar-refractivity contribution is 0.590. The second-order valence-electron chi connectivity index (χ2n) is 8.51. The zero-order valence-corrected chi connectivity index (χ0v) is 16.5. The van der Waals surface area contributed by atoms with Gasteiger partial charge in [-0.3, -0.25) is 0 Å².